The second-order valence-electron chi connectivity index (χ2n) is 3.63. The number of thioether (sulfide) groups is 1. The van der Waals surface area contributed by atoms with Crippen LogP contribution >= 0.6 is 11.8 Å². The number of benzene rings is 1. The lowest BCUT2D eigenvalue weighted by atomic mass is 10.1. The summed E-state index contributed by atoms with van der Waals surface area (Å²) in [6.45, 7) is 0. The number of nitrogens with one attached hydrogen (secondary N) is 1. The molecule has 0 bridgehead atoms. The van der Waals surface area contributed by atoms with Crippen molar-refractivity contribution in [3.05, 3.63) is 35.9 Å². The first-order chi connectivity index (χ1) is 8.11. The maximum Gasteiger partial charge on any atom is 0.320 e. The minimum Gasteiger partial charge on any atom is -0.480 e. The van der Waals surface area contributed by atoms with Crippen molar-refractivity contribution in [3.8, 4) is 0 Å². The molecule has 0 aliphatic heterocycles. The Balaban J connectivity index is 2.24. The molecule has 1 atom stereocenters. The number of nitrogens with two attached hydrogens (primary N) is 1. The van der Waals surface area contributed by atoms with Gasteiger partial charge >= 0.3 is 5.97 Å². The second-order valence-corrected chi connectivity index (χ2v) is 4.74. The maximum absolute atomic E-state index is 10.5. The smallest absolute Gasteiger partial charge is 0.320 e. The average Bonchev–Trinajstić information content (AvgIpc) is 2.35. The summed E-state index contributed by atoms with van der Waals surface area (Å²) in [6, 6.07) is 8.70. The maximum atomic E-state index is 10.5. The Morgan fingerprint density at radius 3 is 2.65 bits per heavy atom. The van der Waals surface area contributed by atoms with Gasteiger partial charge in [0.2, 0.25) is 0 Å². The van der Waals surface area contributed by atoms with E-state index in [2.05, 4.69) is 0 Å². The molecule has 4 N–H and O–H groups in total. The number of rotatable bonds is 7. The molecule has 0 aliphatic carbocycles. The third-order valence-corrected chi connectivity index (χ3v) is 3.28. The van der Waals surface area contributed by atoms with Crippen molar-refractivity contribution in [1.29, 1.82) is 5.41 Å². The Morgan fingerprint density at radius 1 is 1.41 bits per heavy atom. The highest BCUT2D eigenvalue weighted by Gasteiger charge is 2.10. The van der Waals surface area contributed by atoms with Crippen LogP contribution in [0, 0.1) is 5.41 Å². The molecular formula is C12H16N2O2S. The first-order valence-electron chi connectivity index (χ1n) is 5.30. The van der Waals surface area contributed by atoms with E-state index in [4.69, 9.17) is 16.2 Å². The van der Waals surface area contributed by atoms with E-state index in [0.717, 1.165) is 5.56 Å². The van der Waals surface area contributed by atoms with Gasteiger partial charge in [-0.15, -0.1) is 0 Å². The Hall–Kier alpha value is -1.33. The predicted molar refractivity (Wildman–Crippen MR) is 70.8 cm³/mol. The molecule has 1 aromatic rings. The van der Waals surface area contributed by atoms with Gasteiger partial charge in [-0.1, -0.05) is 30.3 Å². The first kappa shape index (κ1) is 13.7. The van der Waals surface area contributed by atoms with E-state index in [9.17, 15) is 4.79 Å². The molecule has 17 heavy (non-hydrogen) atoms. The molecule has 0 saturated carbocycles. The Kier molecular flexibility index (Phi) is 5.72. The lowest BCUT2D eigenvalue weighted by Crippen LogP contribution is -2.30. The molecule has 0 unspecified atom stereocenters. The van der Waals surface area contributed by atoms with E-state index < -0.39 is 12.0 Å². The molecular weight excluding hydrogens is 236 g/mol. The molecule has 0 heterocycles. The van der Waals surface area contributed by atoms with Crippen LogP contribution in [0.4, 0.5) is 0 Å². The van der Waals surface area contributed by atoms with Gasteiger partial charge in [0.1, 0.15) is 6.04 Å². The van der Waals surface area contributed by atoms with Crippen molar-refractivity contribution in [1.82, 2.24) is 0 Å². The fourth-order valence-electron chi connectivity index (χ4n) is 1.23. The van der Waals surface area contributed by atoms with Crippen LogP contribution in [0.1, 0.15) is 12.0 Å². The van der Waals surface area contributed by atoms with Crippen LogP contribution in [0.25, 0.3) is 0 Å². The Bertz CT molecular complexity index is 381. The van der Waals surface area contributed by atoms with Gasteiger partial charge < -0.3 is 16.2 Å². The van der Waals surface area contributed by atoms with E-state index >= 15 is 0 Å². The van der Waals surface area contributed by atoms with Crippen LogP contribution in [0.5, 0.6) is 0 Å². The number of carboxylic acid groups (broad SMARTS) is 1. The molecule has 0 aromatic heterocycles. The van der Waals surface area contributed by atoms with E-state index in [1.54, 1.807) is 0 Å². The molecule has 4 nitrogen and oxygen atoms in total. The fraction of sp³-hybridized carbons (Fsp3) is 0.333. The van der Waals surface area contributed by atoms with Crippen molar-refractivity contribution in [3.63, 3.8) is 0 Å². The molecule has 1 rings (SSSR count). The van der Waals surface area contributed by atoms with Crippen molar-refractivity contribution >= 4 is 23.4 Å². The topological polar surface area (TPSA) is 87.2 Å². The molecule has 0 spiro atoms. The summed E-state index contributed by atoms with van der Waals surface area (Å²) in [6.07, 6.45) is 0.433. The lowest BCUT2D eigenvalue weighted by molar-refractivity contribution is -0.138. The van der Waals surface area contributed by atoms with Crippen molar-refractivity contribution in [2.24, 2.45) is 5.73 Å². The van der Waals surface area contributed by atoms with Gasteiger partial charge in [0.25, 0.3) is 0 Å². The van der Waals surface area contributed by atoms with Crippen molar-refractivity contribution < 1.29 is 9.90 Å². The van der Waals surface area contributed by atoms with Gasteiger partial charge in [0.15, 0.2) is 0 Å². The highest BCUT2D eigenvalue weighted by Crippen LogP contribution is 2.09. The van der Waals surface area contributed by atoms with Crippen LogP contribution < -0.4 is 5.73 Å². The number of hydrogen-bond donors (Lipinski definition) is 3. The zero-order valence-corrected chi connectivity index (χ0v) is 10.2. The third kappa shape index (κ3) is 5.01. The molecule has 0 amide bonds. The number of carbonyl (C=O) groups is 1. The van der Waals surface area contributed by atoms with Gasteiger partial charge in [-0.25, -0.2) is 0 Å². The molecule has 0 saturated heterocycles. The highest BCUT2D eigenvalue weighted by atomic mass is 32.2. The molecule has 92 valence electrons. The van der Waals surface area contributed by atoms with Crippen LogP contribution in [0.15, 0.2) is 30.3 Å². The van der Waals surface area contributed by atoms with Crippen LogP contribution in [0.3, 0.4) is 0 Å². The molecule has 0 aliphatic rings. The largest absolute Gasteiger partial charge is 0.480 e. The van der Waals surface area contributed by atoms with Crippen molar-refractivity contribution in [2.75, 3.05) is 11.5 Å². The molecule has 0 radical (unpaired) electrons. The minimum atomic E-state index is -0.969. The van der Waals surface area contributed by atoms with Crippen molar-refractivity contribution in [2.45, 2.75) is 12.5 Å². The van der Waals surface area contributed by atoms with Gasteiger partial charge in [-0.2, -0.15) is 11.8 Å². The molecule has 1 aromatic carbocycles. The summed E-state index contributed by atoms with van der Waals surface area (Å²) in [7, 11) is 0. The van der Waals surface area contributed by atoms with E-state index in [1.807, 2.05) is 30.3 Å². The first-order valence-corrected chi connectivity index (χ1v) is 6.45. The number of carboxylic acids is 1. The summed E-state index contributed by atoms with van der Waals surface area (Å²) < 4.78 is 0. The summed E-state index contributed by atoms with van der Waals surface area (Å²) in [5, 5.41) is 16.4. The zero-order chi connectivity index (χ0) is 12.7. The van der Waals surface area contributed by atoms with Crippen LogP contribution in [0.2, 0.25) is 0 Å². The molecule has 0 fully saturated rings. The monoisotopic (exact) mass is 252 g/mol. The number of hydrogen-bond acceptors (Lipinski definition) is 4. The van der Waals surface area contributed by atoms with Gasteiger partial charge in [-0.3, -0.25) is 4.79 Å². The van der Waals surface area contributed by atoms with E-state index in [1.165, 1.54) is 11.8 Å². The lowest BCUT2D eigenvalue weighted by Gasteiger charge is -2.06. The normalized spacial score (nSPS) is 12.1. The predicted octanol–water partition coefficient (Wildman–Crippen LogP) is 1.59. The van der Waals surface area contributed by atoms with Gasteiger partial charge in [-0.05, 0) is 17.7 Å². The summed E-state index contributed by atoms with van der Waals surface area (Å²) in [4.78, 5) is 10.5. The molecule has 5 heteroatoms. The van der Waals surface area contributed by atoms with Gasteiger partial charge in [0.05, 0.1) is 0 Å². The summed E-state index contributed by atoms with van der Waals surface area (Å²) >= 11 is 1.53. The SMILES string of the molecule is N=C(CSCC[C@H](N)C(=O)O)c1ccccc1. The van der Waals surface area contributed by atoms with Crippen LogP contribution in [-0.4, -0.2) is 34.3 Å². The summed E-state index contributed by atoms with van der Waals surface area (Å²) in [5.74, 6) is 0.266. The van der Waals surface area contributed by atoms with Gasteiger partial charge in [0, 0.05) is 11.5 Å². The minimum absolute atomic E-state index is 0.433. The zero-order valence-electron chi connectivity index (χ0n) is 9.43. The summed E-state index contributed by atoms with van der Waals surface area (Å²) in [5.41, 5.74) is 6.84. The van der Waals surface area contributed by atoms with E-state index in [-0.39, 0.29) is 0 Å². The standard InChI is InChI=1S/C12H16N2O2S/c13-10(12(15)16)6-7-17-8-11(14)9-4-2-1-3-5-9/h1-5,10,14H,6-8,13H2,(H,15,16)/t10-/m0/s1. The Morgan fingerprint density at radius 2 is 2.06 bits per heavy atom. The fourth-order valence-corrected chi connectivity index (χ4v) is 2.17. The second kappa shape index (κ2) is 7.09. The third-order valence-electron chi connectivity index (χ3n) is 2.26. The number of aliphatic carboxylic acids is 1. The quantitative estimate of drug-likeness (QED) is 0.508. The average molecular weight is 252 g/mol. The Labute approximate surface area is 105 Å². The highest BCUT2D eigenvalue weighted by molar-refractivity contribution is 7.99. The van der Waals surface area contributed by atoms with Crippen LogP contribution in [-0.2, 0) is 4.79 Å². The van der Waals surface area contributed by atoms with E-state index in [0.29, 0.717) is 23.6 Å².